The van der Waals surface area contributed by atoms with Crippen LogP contribution in [-0.4, -0.2) is 33.5 Å². The predicted octanol–water partition coefficient (Wildman–Crippen LogP) is 2.63. The molecule has 0 radical (unpaired) electrons. The lowest BCUT2D eigenvalue weighted by Crippen LogP contribution is -2.46. The van der Waals surface area contributed by atoms with Crippen molar-refractivity contribution in [3.8, 4) is 11.8 Å². The number of carbonyl (C=O) groups excluding carboxylic acids is 1. The molecule has 3 aromatic rings. The summed E-state index contributed by atoms with van der Waals surface area (Å²) >= 11 is 0. The molecule has 1 unspecified atom stereocenters. The SMILES string of the molecule is Cc1noc(=O)c2ccc(NC(=O)C(O)(C#Cc3ccccc3)CC(C)(C)CO)cc12. The number of hydrogen-bond donors (Lipinski definition) is 3. The summed E-state index contributed by atoms with van der Waals surface area (Å²) in [6.07, 6.45) is -0.0834. The van der Waals surface area contributed by atoms with Crippen LogP contribution in [0.3, 0.4) is 0 Å². The molecule has 0 aliphatic heterocycles. The number of aryl methyl sites for hydroxylation is 1. The second kappa shape index (κ2) is 8.72. The smallest absolute Gasteiger partial charge is 0.366 e. The van der Waals surface area contributed by atoms with Gasteiger partial charge in [-0.2, -0.15) is 0 Å². The quantitative estimate of drug-likeness (QED) is 0.547. The number of benzene rings is 2. The topological polar surface area (TPSA) is 113 Å². The van der Waals surface area contributed by atoms with Crippen molar-refractivity contribution in [2.45, 2.75) is 32.8 Å². The van der Waals surface area contributed by atoms with Crippen molar-refractivity contribution in [2.75, 3.05) is 11.9 Å². The summed E-state index contributed by atoms with van der Waals surface area (Å²) in [7, 11) is 0. The molecular weight excluding hydrogens is 396 g/mol. The lowest BCUT2D eigenvalue weighted by atomic mass is 9.80. The Labute approximate surface area is 179 Å². The Balaban J connectivity index is 1.96. The number of nitrogens with zero attached hydrogens (tertiary/aromatic N) is 1. The zero-order valence-corrected chi connectivity index (χ0v) is 17.6. The Hall–Kier alpha value is -3.47. The molecule has 0 aliphatic rings. The molecule has 3 rings (SSSR count). The van der Waals surface area contributed by atoms with E-state index in [0.29, 0.717) is 27.7 Å². The molecule has 7 nitrogen and oxygen atoms in total. The Bertz CT molecular complexity index is 1220. The first-order valence-electron chi connectivity index (χ1n) is 9.77. The number of aromatic nitrogens is 1. The van der Waals surface area contributed by atoms with Crippen molar-refractivity contribution in [2.24, 2.45) is 5.41 Å². The van der Waals surface area contributed by atoms with E-state index in [2.05, 4.69) is 22.3 Å². The first kappa shape index (κ1) is 22.2. The fourth-order valence-electron chi connectivity index (χ4n) is 3.17. The maximum atomic E-state index is 13.1. The van der Waals surface area contributed by atoms with Crippen LogP contribution in [0.5, 0.6) is 0 Å². The number of aliphatic hydroxyl groups excluding tert-OH is 1. The first-order chi connectivity index (χ1) is 14.6. The van der Waals surface area contributed by atoms with Gasteiger partial charge in [-0.1, -0.05) is 49.0 Å². The monoisotopic (exact) mass is 420 g/mol. The third-order valence-corrected chi connectivity index (χ3v) is 4.88. The van der Waals surface area contributed by atoms with Crippen molar-refractivity contribution < 1.29 is 19.5 Å². The number of nitrogens with one attached hydrogen (secondary N) is 1. The lowest BCUT2D eigenvalue weighted by molar-refractivity contribution is -0.131. The fourth-order valence-corrected chi connectivity index (χ4v) is 3.17. The van der Waals surface area contributed by atoms with Gasteiger partial charge in [0.2, 0.25) is 5.60 Å². The van der Waals surface area contributed by atoms with E-state index in [-0.39, 0.29) is 13.0 Å². The summed E-state index contributed by atoms with van der Waals surface area (Å²) < 4.78 is 4.71. The van der Waals surface area contributed by atoms with Crippen LogP contribution in [0, 0.1) is 24.2 Å². The molecule has 1 atom stereocenters. The molecule has 160 valence electrons. The summed E-state index contributed by atoms with van der Waals surface area (Å²) in [5.74, 6) is 4.79. The standard InChI is InChI=1S/C24H24N2O5/c1-16-20-13-18(9-10-19(20)21(28)31-26-16)25-22(29)24(30,14-23(2,3)15-27)12-11-17-7-5-4-6-8-17/h4-10,13,27,30H,14-15H2,1-3H3,(H,25,29). The van der Waals surface area contributed by atoms with Gasteiger partial charge in [0.25, 0.3) is 5.91 Å². The van der Waals surface area contributed by atoms with Gasteiger partial charge in [0, 0.05) is 29.7 Å². The maximum absolute atomic E-state index is 13.1. The van der Waals surface area contributed by atoms with Crippen LogP contribution in [0.4, 0.5) is 5.69 Å². The number of rotatable bonds is 5. The molecule has 0 aliphatic carbocycles. The Morgan fingerprint density at radius 2 is 1.87 bits per heavy atom. The van der Waals surface area contributed by atoms with Gasteiger partial charge in [-0.05, 0) is 42.7 Å². The predicted molar refractivity (Wildman–Crippen MR) is 117 cm³/mol. The van der Waals surface area contributed by atoms with Crippen LogP contribution in [0.15, 0.2) is 57.8 Å². The summed E-state index contributed by atoms with van der Waals surface area (Å²) in [5.41, 5.74) is -1.87. The molecule has 31 heavy (non-hydrogen) atoms. The van der Waals surface area contributed by atoms with Gasteiger partial charge in [0.1, 0.15) is 0 Å². The van der Waals surface area contributed by atoms with Crippen molar-refractivity contribution in [3.63, 3.8) is 0 Å². The van der Waals surface area contributed by atoms with Gasteiger partial charge in [-0.15, -0.1) is 0 Å². The third kappa shape index (κ3) is 5.18. The van der Waals surface area contributed by atoms with E-state index in [0.717, 1.165) is 0 Å². The number of fused-ring (bicyclic) bond motifs is 1. The number of carbonyl (C=O) groups is 1. The van der Waals surface area contributed by atoms with E-state index >= 15 is 0 Å². The van der Waals surface area contributed by atoms with E-state index in [1.165, 1.54) is 6.07 Å². The molecule has 0 spiro atoms. The van der Waals surface area contributed by atoms with Gasteiger partial charge < -0.3 is 20.1 Å². The van der Waals surface area contributed by atoms with E-state index in [9.17, 15) is 19.8 Å². The zero-order chi connectivity index (χ0) is 22.6. The molecule has 3 N–H and O–H groups in total. The van der Waals surface area contributed by atoms with E-state index in [1.54, 1.807) is 45.0 Å². The summed E-state index contributed by atoms with van der Waals surface area (Å²) in [4.78, 5) is 24.9. The van der Waals surface area contributed by atoms with Gasteiger partial charge in [-0.3, -0.25) is 4.79 Å². The molecule has 2 aromatic carbocycles. The molecule has 7 heteroatoms. The van der Waals surface area contributed by atoms with Crippen LogP contribution in [0.2, 0.25) is 0 Å². The number of hydrogen-bond acceptors (Lipinski definition) is 6. The van der Waals surface area contributed by atoms with Crippen LogP contribution in [0.1, 0.15) is 31.5 Å². The largest absolute Gasteiger partial charge is 0.396 e. The third-order valence-electron chi connectivity index (χ3n) is 4.88. The zero-order valence-electron chi connectivity index (χ0n) is 17.6. The normalized spacial score (nSPS) is 13.2. The van der Waals surface area contributed by atoms with Crippen LogP contribution in [-0.2, 0) is 4.79 Å². The minimum atomic E-state index is -2.06. The summed E-state index contributed by atoms with van der Waals surface area (Å²) in [5, 5.41) is 28.1. The maximum Gasteiger partial charge on any atom is 0.366 e. The Kier molecular flexibility index (Phi) is 6.25. The highest BCUT2D eigenvalue weighted by atomic mass is 16.5. The van der Waals surface area contributed by atoms with Crippen molar-refractivity contribution >= 4 is 22.4 Å². The molecule has 1 amide bonds. The van der Waals surface area contributed by atoms with Crippen molar-refractivity contribution in [3.05, 3.63) is 70.2 Å². The van der Waals surface area contributed by atoms with E-state index in [1.807, 2.05) is 18.2 Å². The molecule has 0 saturated carbocycles. The van der Waals surface area contributed by atoms with Gasteiger partial charge >= 0.3 is 5.63 Å². The molecule has 0 fully saturated rings. The van der Waals surface area contributed by atoms with E-state index < -0.39 is 22.5 Å². The average molecular weight is 420 g/mol. The minimum absolute atomic E-state index is 0.0834. The van der Waals surface area contributed by atoms with Gasteiger partial charge in [0.15, 0.2) is 0 Å². The van der Waals surface area contributed by atoms with Crippen molar-refractivity contribution in [1.29, 1.82) is 0 Å². The van der Waals surface area contributed by atoms with Crippen LogP contribution < -0.4 is 10.9 Å². The first-order valence-corrected chi connectivity index (χ1v) is 9.77. The summed E-state index contributed by atoms with van der Waals surface area (Å²) in [6, 6.07) is 13.7. The van der Waals surface area contributed by atoms with Crippen molar-refractivity contribution in [1.82, 2.24) is 5.16 Å². The number of aliphatic hydroxyl groups is 2. The molecule has 0 saturated heterocycles. The fraction of sp³-hybridized carbons (Fsp3) is 0.292. The highest BCUT2D eigenvalue weighted by molar-refractivity contribution is 6.01. The molecule has 1 aromatic heterocycles. The molecule has 1 heterocycles. The Morgan fingerprint density at radius 1 is 1.16 bits per heavy atom. The second-order valence-corrected chi connectivity index (χ2v) is 8.25. The second-order valence-electron chi connectivity index (χ2n) is 8.25. The molecule has 0 bridgehead atoms. The van der Waals surface area contributed by atoms with Gasteiger partial charge in [-0.25, -0.2) is 4.79 Å². The lowest BCUT2D eigenvalue weighted by Gasteiger charge is -2.30. The minimum Gasteiger partial charge on any atom is -0.396 e. The van der Waals surface area contributed by atoms with Crippen LogP contribution in [0.25, 0.3) is 10.8 Å². The molecular formula is C24H24N2O5. The summed E-state index contributed by atoms with van der Waals surface area (Å²) in [6.45, 7) is 4.92. The highest BCUT2D eigenvalue weighted by Gasteiger charge is 2.40. The number of amides is 1. The highest BCUT2D eigenvalue weighted by Crippen LogP contribution is 2.29. The van der Waals surface area contributed by atoms with Crippen LogP contribution >= 0.6 is 0 Å². The van der Waals surface area contributed by atoms with E-state index in [4.69, 9.17) is 4.52 Å². The number of anilines is 1. The van der Waals surface area contributed by atoms with Gasteiger partial charge in [0.05, 0.1) is 11.1 Å². The average Bonchev–Trinajstić information content (AvgIpc) is 2.75. The Morgan fingerprint density at radius 3 is 2.55 bits per heavy atom.